The Morgan fingerprint density at radius 3 is 2.76 bits per heavy atom. The van der Waals surface area contributed by atoms with Gasteiger partial charge in [-0.25, -0.2) is 0 Å². The van der Waals surface area contributed by atoms with Gasteiger partial charge in [0.05, 0.1) is 4.92 Å². The Bertz CT molecular complexity index is 419. The van der Waals surface area contributed by atoms with Crippen molar-refractivity contribution in [2.45, 2.75) is 6.54 Å². The van der Waals surface area contributed by atoms with E-state index < -0.39 is 0 Å². The van der Waals surface area contributed by atoms with E-state index in [1.165, 1.54) is 6.07 Å². The molecule has 2 N–H and O–H groups in total. The molecule has 1 heterocycles. The van der Waals surface area contributed by atoms with E-state index in [-0.39, 0.29) is 10.6 Å². The van der Waals surface area contributed by atoms with Gasteiger partial charge in [-0.15, -0.1) is 0 Å². The predicted octanol–water partition coefficient (Wildman–Crippen LogP) is 1.73. The fraction of sp³-hybridized carbons (Fsp3) is 0.455. The second-order valence-electron chi connectivity index (χ2n) is 4.03. The predicted molar refractivity (Wildman–Crippen MR) is 70.1 cm³/mol. The lowest BCUT2D eigenvalue weighted by Crippen LogP contribution is -2.32. The Morgan fingerprint density at radius 1 is 1.41 bits per heavy atom. The molecule has 0 bridgehead atoms. The lowest BCUT2D eigenvalue weighted by molar-refractivity contribution is -0.384. The highest BCUT2D eigenvalue weighted by atomic mass is 32.2. The summed E-state index contributed by atoms with van der Waals surface area (Å²) in [5.41, 5.74) is 7.45. The monoisotopic (exact) mass is 253 g/mol. The van der Waals surface area contributed by atoms with E-state index in [2.05, 4.69) is 4.90 Å². The van der Waals surface area contributed by atoms with Gasteiger partial charge in [-0.3, -0.25) is 15.0 Å². The van der Waals surface area contributed by atoms with Crippen molar-refractivity contribution in [3.05, 3.63) is 33.9 Å². The van der Waals surface area contributed by atoms with Crippen molar-refractivity contribution in [2.75, 3.05) is 30.3 Å². The first-order valence-electron chi connectivity index (χ1n) is 5.50. The van der Waals surface area contributed by atoms with Gasteiger partial charge in [-0.2, -0.15) is 11.8 Å². The van der Waals surface area contributed by atoms with Crippen LogP contribution in [-0.2, 0) is 6.54 Å². The Balaban J connectivity index is 2.13. The van der Waals surface area contributed by atoms with E-state index in [9.17, 15) is 10.1 Å². The number of non-ortho nitro benzene ring substituents is 1. The molecule has 1 aliphatic heterocycles. The summed E-state index contributed by atoms with van der Waals surface area (Å²) in [6, 6.07) is 4.65. The molecule has 92 valence electrons. The van der Waals surface area contributed by atoms with Crippen LogP contribution in [0.3, 0.4) is 0 Å². The number of hydrogen-bond acceptors (Lipinski definition) is 5. The van der Waals surface area contributed by atoms with Gasteiger partial charge in [0.15, 0.2) is 0 Å². The molecule has 0 atom stereocenters. The zero-order valence-corrected chi connectivity index (χ0v) is 10.3. The number of nitrogen functional groups attached to an aromatic ring is 1. The smallest absolute Gasteiger partial charge is 0.269 e. The van der Waals surface area contributed by atoms with Crippen LogP contribution in [0.2, 0.25) is 0 Å². The molecule has 0 aromatic heterocycles. The lowest BCUT2D eigenvalue weighted by Gasteiger charge is -2.26. The van der Waals surface area contributed by atoms with Gasteiger partial charge in [0.1, 0.15) is 0 Å². The highest BCUT2D eigenvalue weighted by Crippen LogP contribution is 2.22. The molecule has 0 saturated carbocycles. The van der Waals surface area contributed by atoms with E-state index >= 15 is 0 Å². The number of nitro benzene ring substituents is 1. The molecular weight excluding hydrogens is 238 g/mol. The van der Waals surface area contributed by atoms with Crippen LogP contribution in [0.15, 0.2) is 18.2 Å². The summed E-state index contributed by atoms with van der Waals surface area (Å²) in [7, 11) is 0. The van der Waals surface area contributed by atoms with E-state index in [0.717, 1.165) is 30.2 Å². The van der Waals surface area contributed by atoms with Crippen LogP contribution in [0, 0.1) is 10.1 Å². The van der Waals surface area contributed by atoms with Crippen LogP contribution in [0.5, 0.6) is 0 Å². The van der Waals surface area contributed by atoms with E-state index in [0.29, 0.717) is 12.2 Å². The second kappa shape index (κ2) is 5.37. The molecule has 0 aliphatic carbocycles. The maximum atomic E-state index is 10.7. The molecule has 6 heteroatoms. The highest BCUT2D eigenvalue weighted by Gasteiger charge is 2.14. The fourth-order valence-corrected chi connectivity index (χ4v) is 2.82. The molecule has 1 aromatic carbocycles. The van der Waals surface area contributed by atoms with Gasteiger partial charge < -0.3 is 5.73 Å². The highest BCUT2D eigenvalue weighted by molar-refractivity contribution is 7.99. The summed E-state index contributed by atoms with van der Waals surface area (Å²) >= 11 is 1.94. The number of nitro groups is 1. The standard InChI is InChI=1S/C11H15N3O2S/c12-11-2-1-10(14(15)16)7-9(11)8-13-3-5-17-6-4-13/h1-2,7H,3-6,8,12H2. The van der Waals surface area contributed by atoms with Gasteiger partial charge in [0, 0.05) is 49.0 Å². The van der Waals surface area contributed by atoms with Crippen molar-refractivity contribution in [1.29, 1.82) is 0 Å². The Hall–Kier alpha value is -1.27. The minimum absolute atomic E-state index is 0.112. The van der Waals surface area contributed by atoms with E-state index in [1.807, 2.05) is 11.8 Å². The third kappa shape index (κ3) is 3.10. The Morgan fingerprint density at radius 2 is 2.12 bits per heavy atom. The van der Waals surface area contributed by atoms with Gasteiger partial charge in [-0.1, -0.05) is 0 Å². The number of nitrogens with two attached hydrogens (primary N) is 1. The number of hydrogen-bond donors (Lipinski definition) is 1. The van der Waals surface area contributed by atoms with Crippen molar-refractivity contribution < 1.29 is 4.92 Å². The maximum Gasteiger partial charge on any atom is 0.269 e. The van der Waals surface area contributed by atoms with Crippen LogP contribution in [0.25, 0.3) is 0 Å². The van der Waals surface area contributed by atoms with Crippen molar-refractivity contribution >= 4 is 23.1 Å². The lowest BCUT2D eigenvalue weighted by atomic mass is 10.1. The average molecular weight is 253 g/mol. The molecule has 1 fully saturated rings. The van der Waals surface area contributed by atoms with E-state index in [1.54, 1.807) is 12.1 Å². The normalized spacial score (nSPS) is 16.9. The number of anilines is 1. The molecule has 1 aromatic rings. The summed E-state index contributed by atoms with van der Waals surface area (Å²) in [6.45, 7) is 2.74. The zero-order valence-electron chi connectivity index (χ0n) is 9.46. The molecule has 1 aliphatic rings. The first kappa shape index (κ1) is 12.2. The molecule has 0 unspecified atom stereocenters. The Labute approximate surface area is 104 Å². The summed E-state index contributed by atoms with van der Waals surface area (Å²) in [5.74, 6) is 2.24. The number of rotatable bonds is 3. The minimum Gasteiger partial charge on any atom is -0.398 e. The first-order valence-corrected chi connectivity index (χ1v) is 6.65. The molecule has 1 saturated heterocycles. The first-order chi connectivity index (χ1) is 8.16. The molecular formula is C11H15N3O2S. The van der Waals surface area contributed by atoms with Gasteiger partial charge in [-0.05, 0) is 11.6 Å². The summed E-state index contributed by atoms with van der Waals surface area (Å²) in [5, 5.41) is 10.7. The van der Waals surface area contributed by atoms with Gasteiger partial charge in [0.2, 0.25) is 0 Å². The number of thioether (sulfide) groups is 1. The van der Waals surface area contributed by atoms with Crippen LogP contribution in [0.1, 0.15) is 5.56 Å². The largest absolute Gasteiger partial charge is 0.398 e. The van der Waals surface area contributed by atoms with Crippen molar-refractivity contribution in [1.82, 2.24) is 4.90 Å². The van der Waals surface area contributed by atoms with Crippen LogP contribution < -0.4 is 5.73 Å². The van der Waals surface area contributed by atoms with Gasteiger partial charge in [0.25, 0.3) is 5.69 Å². The molecule has 0 radical (unpaired) electrons. The minimum atomic E-state index is -0.380. The second-order valence-corrected chi connectivity index (χ2v) is 5.25. The fourth-order valence-electron chi connectivity index (χ4n) is 1.84. The van der Waals surface area contributed by atoms with Crippen molar-refractivity contribution in [3.8, 4) is 0 Å². The molecule has 0 spiro atoms. The van der Waals surface area contributed by atoms with Crippen molar-refractivity contribution in [2.24, 2.45) is 0 Å². The quantitative estimate of drug-likeness (QED) is 0.504. The SMILES string of the molecule is Nc1ccc([N+](=O)[O-])cc1CN1CCSCC1. The number of benzene rings is 1. The molecule has 17 heavy (non-hydrogen) atoms. The summed E-state index contributed by atoms with van der Waals surface area (Å²) in [6.07, 6.45) is 0. The summed E-state index contributed by atoms with van der Waals surface area (Å²) in [4.78, 5) is 12.6. The Kier molecular flexibility index (Phi) is 3.86. The zero-order chi connectivity index (χ0) is 12.3. The third-order valence-electron chi connectivity index (χ3n) is 2.84. The van der Waals surface area contributed by atoms with Crippen LogP contribution in [-0.4, -0.2) is 34.4 Å². The molecule has 2 rings (SSSR count). The van der Waals surface area contributed by atoms with Gasteiger partial charge >= 0.3 is 0 Å². The molecule has 5 nitrogen and oxygen atoms in total. The van der Waals surface area contributed by atoms with Crippen LogP contribution >= 0.6 is 11.8 Å². The third-order valence-corrected chi connectivity index (χ3v) is 3.78. The maximum absolute atomic E-state index is 10.7. The summed E-state index contributed by atoms with van der Waals surface area (Å²) < 4.78 is 0. The van der Waals surface area contributed by atoms with Crippen molar-refractivity contribution in [3.63, 3.8) is 0 Å². The average Bonchev–Trinajstić information content (AvgIpc) is 2.33. The van der Waals surface area contributed by atoms with Crippen LogP contribution in [0.4, 0.5) is 11.4 Å². The van der Waals surface area contributed by atoms with E-state index in [4.69, 9.17) is 5.73 Å². The molecule has 0 amide bonds. The topological polar surface area (TPSA) is 72.4 Å². The number of nitrogens with zero attached hydrogens (tertiary/aromatic N) is 2.